The van der Waals surface area contributed by atoms with Crippen molar-refractivity contribution < 1.29 is 18.3 Å². The SMILES string of the molecule is Cc1cnc(C(C)NS(=O)(=O)c2cc(C(=O)O)n(C)c2)s1. The molecule has 0 fully saturated rings. The van der Waals surface area contributed by atoms with Gasteiger partial charge in [0.05, 0.1) is 6.04 Å². The van der Waals surface area contributed by atoms with E-state index in [0.29, 0.717) is 5.01 Å². The molecular formula is C12H15N3O4S2. The van der Waals surface area contributed by atoms with E-state index in [0.717, 1.165) is 10.9 Å². The lowest BCUT2D eigenvalue weighted by atomic mass is 10.4. The Bertz CT molecular complexity index is 776. The fraction of sp³-hybridized carbons (Fsp3) is 0.333. The Balaban J connectivity index is 2.26. The first-order valence-corrected chi connectivity index (χ1v) is 8.35. The van der Waals surface area contributed by atoms with E-state index in [1.807, 2.05) is 6.92 Å². The Labute approximate surface area is 126 Å². The third-order valence-corrected chi connectivity index (χ3v) is 5.45. The Morgan fingerprint density at radius 3 is 2.67 bits per heavy atom. The summed E-state index contributed by atoms with van der Waals surface area (Å²) in [6, 6.07) is 0.645. The summed E-state index contributed by atoms with van der Waals surface area (Å²) >= 11 is 1.41. The second kappa shape index (κ2) is 5.58. The highest BCUT2D eigenvalue weighted by atomic mass is 32.2. The Kier molecular flexibility index (Phi) is 4.17. The number of aromatic nitrogens is 2. The molecule has 114 valence electrons. The molecule has 21 heavy (non-hydrogen) atoms. The van der Waals surface area contributed by atoms with Crippen LogP contribution in [-0.2, 0) is 17.1 Å². The average molecular weight is 329 g/mol. The highest BCUT2D eigenvalue weighted by molar-refractivity contribution is 7.89. The van der Waals surface area contributed by atoms with Gasteiger partial charge in [0.2, 0.25) is 10.0 Å². The van der Waals surface area contributed by atoms with Crippen LogP contribution in [0.15, 0.2) is 23.4 Å². The normalized spacial score (nSPS) is 13.3. The molecule has 7 nitrogen and oxygen atoms in total. The lowest BCUT2D eigenvalue weighted by Crippen LogP contribution is -2.26. The molecule has 2 heterocycles. The summed E-state index contributed by atoms with van der Waals surface area (Å²) in [6.07, 6.45) is 2.95. The molecule has 1 atom stereocenters. The van der Waals surface area contributed by atoms with Crippen molar-refractivity contribution in [2.24, 2.45) is 7.05 Å². The van der Waals surface area contributed by atoms with E-state index in [9.17, 15) is 13.2 Å². The summed E-state index contributed by atoms with van der Waals surface area (Å²) in [7, 11) is -2.32. The Hall–Kier alpha value is -1.71. The summed E-state index contributed by atoms with van der Waals surface area (Å²) in [4.78, 5) is 16.0. The van der Waals surface area contributed by atoms with Gasteiger partial charge in [0.1, 0.15) is 15.6 Å². The third kappa shape index (κ3) is 3.31. The van der Waals surface area contributed by atoms with Crippen LogP contribution < -0.4 is 4.72 Å². The van der Waals surface area contributed by atoms with Crippen LogP contribution in [0.3, 0.4) is 0 Å². The second-order valence-corrected chi connectivity index (χ2v) is 7.61. The molecule has 1 unspecified atom stereocenters. The van der Waals surface area contributed by atoms with Crippen LogP contribution in [-0.4, -0.2) is 29.0 Å². The van der Waals surface area contributed by atoms with Gasteiger partial charge in [-0.2, -0.15) is 0 Å². The molecule has 0 aliphatic carbocycles. The van der Waals surface area contributed by atoms with Gasteiger partial charge < -0.3 is 9.67 Å². The molecule has 0 amide bonds. The van der Waals surface area contributed by atoms with Crippen molar-refractivity contribution in [1.29, 1.82) is 0 Å². The number of rotatable bonds is 5. The molecule has 9 heteroatoms. The average Bonchev–Trinajstić information content (AvgIpc) is 2.95. The van der Waals surface area contributed by atoms with E-state index >= 15 is 0 Å². The molecule has 0 bridgehead atoms. The van der Waals surface area contributed by atoms with E-state index in [1.165, 1.54) is 29.1 Å². The van der Waals surface area contributed by atoms with Crippen LogP contribution in [0.4, 0.5) is 0 Å². The minimum absolute atomic E-state index is 0.0810. The van der Waals surface area contributed by atoms with Crippen molar-refractivity contribution in [3.05, 3.63) is 34.0 Å². The lowest BCUT2D eigenvalue weighted by molar-refractivity contribution is 0.0686. The monoisotopic (exact) mass is 329 g/mol. The first kappa shape index (κ1) is 15.7. The van der Waals surface area contributed by atoms with E-state index < -0.39 is 22.0 Å². The molecule has 0 aliphatic rings. The summed E-state index contributed by atoms with van der Waals surface area (Å²) in [5.41, 5.74) is -0.0897. The first-order chi connectivity index (χ1) is 9.70. The van der Waals surface area contributed by atoms with Gasteiger partial charge in [-0.3, -0.25) is 0 Å². The Morgan fingerprint density at radius 1 is 1.52 bits per heavy atom. The van der Waals surface area contributed by atoms with Crippen molar-refractivity contribution in [3.63, 3.8) is 0 Å². The van der Waals surface area contributed by atoms with Crippen LogP contribution in [0.5, 0.6) is 0 Å². The van der Waals surface area contributed by atoms with Gasteiger partial charge in [-0.25, -0.2) is 22.9 Å². The van der Waals surface area contributed by atoms with Crippen molar-refractivity contribution in [2.45, 2.75) is 24.8 Å². The van der Waals surface area contributed by atoms with Gasteiger partial charge in [0.25, 0.3) is 0 Å². The molecule has 2 aromatic rings. The predicted octanol–water partition coefficient (Wildman–Crippen LogP) is 1.53. The highest BCUT2D eigenvalue weighted by Crippen LogP contribution is 2.22. The maximum atomic E-state index is 12.3. The minimum Gasteiger partial charge on any atom is -0.477 e. The molecule has 0 saturated heterocycles. The minimum atomic E-state index is -3.80. The van der Waals surface area contributed by atoms with Crippen LogP contribution in [0, 0.1) is 6.92 Å². The van der Waals surface area contributed by atoms with E-state index in [1.54, 1.807) is 13.1 Å². The summed E-state index contributed by atoms with van der Waals surface area (Å²) in [5.74, 6) is -1.18. The standard InChI is InChI=1S/C12H15N3O4S2/c1-7-5-13-11(20-7)8(2)14-21(18,19)9-4-10(12(16)17)15(3)6-9/h4-6,8,14H,1-3H3,(H,16,17). The smallest absolute Gasteiger partial charge is 0.352 e. The molecule has 0 aliphatic heterocycles. The number of hydrogen-bond donors (Lipinski definition) is 2. The summed E-state index contributed by atoms with van der Waals surface area (Å²) in [6.45, 7) is 3.58. The molecule has 2 N–H and O–H groups in total. The second-order valence-electron chi connectivity index (χ2n) is 4.63. The van der Waals surface area contributed by atoms with Crippen LogP contribution in [0.25, 0.3) is 0 Å². The van der Waals surface area contributed by atoms with Crippen molar-refractivity contribution >= 4 is 27.3 Å². The maximum absolute atomic E-state index is 12.3. The molecule has 0 aromatic carbocycles. The maximum Gasteiger partial charge on any atom is 0.352 e. The van der Waals surface area contributed by atoms with Gasteiger partial charge in [0, 0.05) is 24.3 Å². The molecule has 0 saturated carbocycles. The molecule has 0 spiro atoms. The zero-order valence-electron chi connectivity index (χ0n) is 11.7. The van der Waals surface area contributed by atoms with Crippen LogP contribution >= 0.6 is 11.3 Å². The fourth-order valence-corrected chi connectivity index (χ4v) is 3.95. The number of nitrogens with zero attached hydrogens (tertiary/aromatic N) is 2. The number of nitrogens with one attached hydrogen (secondary N) is 1. The number of carboxylic acids is 1. The summed E-state index contributed by atoms with van der Waals surface area (Å²) in [5, 5.41) is 9.62. The first-order valence-electron chi connectivity index (χ1n) is 6.05. The number of thiazole rings is 1. The van der Waals surface area contributed by atoms with E-state index in [2.05, 4.69) is 9.71 Å². The number of aryl methyl sites for hydroxylation is 2. The van der Waals surface area contributed by atoms with Gasteiger partial charge in [-0.05, 0) is 19.9 Å². The number of aromatic carboxylic acids is 1. The Morgan fingerprint density at radius 2 is 2.19 bits per heavy atom. The fourth-order valence-electron chi connectivity index (χ4n) is 1.82. The van der Waals surface area contributed by atoms with Gasteiger partial charge in [-0.15, -0.1) is 11.3 Å². The van der Waals surface area contributed by atoms with Crippen molar-refractivity contribution in [1.82, 2.24) is 14.3 Å². The van der Waals surface area contributed by atoms with Crippen LogP contribution in [0.2, 0.25) is 0 Å². The number of carbonyl (C=O) groups is 1. The third-order valence-electron chi connectivity index (χ3n) is 2.85. The zero-order valence-corrected chi connectivity index (χ0v) is 13.3. The lowest BCUT2D eigenvalue weighted by Gasteiger charge is -2.10. The predicted molar refractivity (Wildman–Crippen MR) is 78.0 cm³/mol. The quantitative estimate of drug-likeness (QED) is 0.866. The highest BCUT2D eigenvalue weighted by Gasteiger charge is 2.23. The number of carboxylic acid groups (broad SMARTS) is 1. The number of hydrogen-bond acceptors (Lipinski definition) is 5. The van der Waals surface area contributed by atoms with Gasteiger partial charge >= 0.3 is 5.97 Å². The van der Waals surface area contributed by atoms with Crippen molar-refractivity contribution in [3.8, 4) is 0 Å². The van der Waals surface area contributed by atoms with Crippen molar-refractivity contribution in [2.75, 3.05) is 0 Å². The van der Waals surface area contributed by atoms with E-state index in [4.69, 9.17) is 5.11 Å². The topological polar surface area (TPSA) is 101 Å². The molecule has 2 aromatic heterocycles. The number of sulfonamides is 1. The largest absolute Gasteiger partial charge is 0.477 e. The zero-order chi connectivity index (χ0) is 15.8. The molecular weight excluding hydrogens is 314 g/mol. The van der Waals surface area contributed by atoms with Crippen LogP contribution in [0.1, 0.15) is 33.3 Å². The van der Waals surface area contributed by atoms with E-state index in [-0.39, 0.29) is 10.6 Å². The van der Waals surface area contributed by atoms with Gasteiger partial charge in [-0.1, -0.05) is 0 Å². The summed E-state index contributed by atoms with van der Waals surface area (Å²) < 4.78 is 28.3. The molecule has 0 radical (unpaired) electrons. The molecule has 2 rings (SSSR count). The van der Waals surface area contributed by atoms with Gasteiger partial charge in [0.15, 0.2) is 0 Å².